The van der Waals surface area contributed by atoms with Gasteiger partial charge in [-0.2, -0.15) is 4.31 Å². The number of carbonyl (C=O) groups is 1. The molecule has 7 heteroatoms. The van der Waals surface area contributed by atoms with Gasteiger partial charge in [-0.1, -0.05) is 35.9 Å². The number of benzene rings is 2. The third-order valence-corrected chi connectivity index (χ3v) is 8.35. The smallest absolute Gasteiger partial charge is 0.243 e. The molecule has 168 valence electrons. The molecular weight excluding hydrogens is 422 g/mol. The topological polar surface area (TPSA) is 79.4 Å². The van der Waals surface area contributed by atoms with Crippen LogP contribution in [-0.4, -0.2) is 36.7 Å². The predicted octanol–water partition coefficient (Wildman–Crippen LogP) is 4.51. The van der Waals surface area contributed by atoms with E-state index in [-0.39, 0.29) is 11.8 Å². The Morgan fingerprint density at radius 1 is 1.00 bits per heavy atom. The summed E-state index contributed by atoms with van der Waals surface area (Å²) in [6, 6.07) is 13.5. The first-order valence-corrected chi connectivity index (χ1v) is 12.4. The summed E-state index contributed by atoms with van der Waals surface area (Å²) < 4.78 is 28.1. The van der Waals surface area contributed by atoms with Crippen molar-refractivity contribution in [3.05, 3.63) is 64.8 Å². The van der Waals surface area contributed by atoms with Crippen LogP contribution in [0.25, 0.3) is 10.9 Å². The average molecular weight is 452 g/mol. The molecule has 0 saturated carbocycles. The zero-order chi connectivity index (χ0) is 23.0. The van der Waals surface area contributed by atoms with Gasteiger partial charge < -0.3 is 5.32 Å². The lowest BCUT2D eigenvalue weighted by molar-refractivity contribution is -0.120. The van der Waals surface area contributed by atoms with Crippen LogP contribution in [-0.2, 0) is 14.8 Å². The zero-order valence-corrected chi connectivity index (χ0v) is 19.8. The minimum atomic E-state index is -3.59. The van der Waals surface area contributed by atoms with Crippen molar-refractivity contribution in [1.82, 2.24) is 9.29 Å². The molecule has 1 fully saturated rings. The van der Waals surface area contributed by atoms with Crippen LogP contribution in [0.1, 0.15) is 35.2 Å². The van der Waals surface area contributed by atoms with Crippen LogP contribution in [0.3, 0.4) is 0 Å². The molecule has 2 heterocycles. The molecule has 3 aromatic rings. The molecule has 0 atom stereocenters. The Morgan fingerprint density at radius 3 is 2.31 bits per heavy atom. The highest BCUT2D eigenvalue weighted by Gasteiger charge is 2.33. The van der Waals surface area contributed by atoms with Gasteiger partial charge >= 0.3 is 0 Å². The van der Waals surface area contributed by atoms with Crippen LogP contribution in [0.5, 0.6) is 0 Å². The summed E-state index contributed by atoms with van der Waals surface area (Å²) in [5.41, 5.74) is 4.93. The molecule has 0 aliphatic carbocycles. The maximum absolute atomic E-state index is 13.3. The van der Waals surface area contributed by atoms with Crippen molar-refractivity contribution >= 4 is 32.5 Å². The van der Waals surface area contributed by atoms with Gasteiger partial charge in [0.15, 0.2) is 0 Å². The Kier molecular flexibility index (Phi) is 6.05. The van der Waals surface area contributed by atoms with Gasteiger partial charge in [0.1, 0.15) is 0 Å². The molecule has 1 saturated heterocycles. The fourth-order valence-corrected chi connectivity index (χ4v) is 6.52. The highest BCUT2D eigenvalue weighted by molar-refractivity contribution is 7.89. The van der Waals surface area contributed by atoms with Crippen LogP contribution in [0.15, 0.2) is 47.4 Å². The number of aromatic nitrogens is 1. The number of piperidine rings is 1. The largest absolute Gasteiger partial charge is 0.324 e. The summed E-state index contributed by atoms with van der Waals surface area (Å²) in [5, 5.41) is 3.99. The lowest BCUT2D eigenvalue weighted by atomic mass is 9.97. The maximum Gasteiger partial charge on any atom is 0.243 e. The SMILES string of the molecule is Cc1cc(C)c(S(=O)(=O)N2CCC(C(=O)Nc3cccc4ccc(C)nc34)CC2)c(C)c1. The average Bonchev–Trinajstić information content (AvgIpc) is 2.73. The number of rotatable bonds is 4. The number of nitrogens with one attached hydrogen (secondary N) is 1. The number of hydrogen-bond donors (Lipinski definition) is 1. The number of carbonyl (C=O) groups excluding carboxylic acids is 1. The molecule has 0 spiro atoms. The van der Waals surface area contributed by atoms with E-state index in [0.29, 0.717) is 36.5 Å². The van der Waals surface area contributed by atoms with Crippen LogP contribution in [0.2, 0.25) is 0 Å². The number of sulfonamides is 1. The number of pyridine rings is 1. The Morgan fingerprint density at radius 2 is 1.66 bits per heavy atom. The van der Waals surface area contributed by atoms with Gasteiger partial charge in [-0.15, -0.1) is 0 Å². The molecule has 4 rings (SSSR count). The molecule has 1 aromatic heterocycles. The van der Waals surface area contributed by atoms with Gasteiger partial charge in [0.05, 0.1) is 16.1 Å². The van der Waals surface area contributed by atoms with Crippen molar-refractivity contribution < 1.29 is 13.2 Å². The summed E-state index contributed by atoms with van der Waals surface area (Å²) in [6.07, 6.45) is 0.985. The molecule has 1 aliphatic heterocycles. The fraction of sp³-hybridized carbons (Fsp3) is 0.360. The van der Waals surface area contributed by atoms with E-state index < -0.39 is 10.0 Å². The van der Waals surface area contributed by atoms with E-state index in [1.165, 1.54) is 4.31 Å². The zero-order valence-electron chi connectivity index (χ0n) is 19.0. The second kappa shape index (κ2) is 8.64. The maximum atomic E-state index is 13.3. The third-order valence-electron chi connectivity index (χ3n) is 6.14. The van der Waals surface area contributed by atoms with E-state index in [9.17, 15) is 13.2 Å². The van der Waals surface area contributed by atoms with E-state index in [1.54, 1.807) is 0 Å². The molecule has 1 N–H and O–H groups in total. The second-order valence-electron chi connectivity index (χ2n) is 8.73. The van der Waals surface area contributed by atoms with Crippen molar-refractivity contribution in [2.24, 2.45) is 5.92 Å². The van der Waals surface area contributed by atoms with Gasteiger partial charge in [-0.05, 0) is 63.8 Å². The molecule has 2 aromatic carbocycles. The molecule has 32 heavy (non-hydrogen) atoms. The van der Waals surface area contributed by atoms with Crippen molar-refractivity contribution in [1.29, 1.82) is 0 Å². The highest BCUT2D eigenvalue weighted by atomic mass is 32.2. The van der Waals surface area contributed by atoms with Gasteiger partial charge in [-0.25, -0.2) is 8.42 Å². The van der Waals surface area contributed by atoms with E-state index in [1.807, 2.05) is 70.2 Å². The summed E-state index contributed by atoms with van der Waals surface area (Å²) in [5.74, 6) is -0.317. The van der Waals surface area contributed by atoms with Crippen LogP contribution in [0.4, 0.5) is 5.69 Å². The summed E-state index contributed by atoms with van der Waals surface area (Å²) in [7, 11) is -3.59. The standard InChI is InChI=1S/C25H29N3O3S/c1-16-14-17(2)24(18(3)15-16)32(30,31)28-12-10-21(11-13-28)25(29)27-22-7-5-6-20-9-8-19(4)26-23(20)22/h5-9,14-15,21H,10-13H2,1-4H3,(H,27,29). The van der Waals surface area contributed by atoms with E-state index >= 15 is 0 Å². The number of fused-ring (bicyclic) bond motifs is 1. The van der Waals surface area contributed by atoms with Crippen molar-refractivity contribution in [3.8, 4) is 0 Å². The van der Waals surface area contributed by atoms with E-state index in [4.69, 9.17) is 0 Å². The Bertz CT molecular complexity index is 1270. The number of aryl methyl sites for hydroxylation is 4. The second-order valence-corrected chi connectivity index (χ2v) is 10.6. The number of nitrogens with zero attached hydrogens (tertiary/aromatic N) is 2. The lowest BCUT2D eigenvalue weighted by Gasteiger charge is -2.31. The van der Waals surface area contributed by atoms with Crippen LogP contribution in [0, 0.1) is 33.6 Å². The minimum absolute atomic E-state index is 0.0828. The van der Waals surface area contributed by atoms with Gasteiger partial charge in [0.2, 0.25) is 15.9 Å². The van der Waals surface area contributed by atoms with Gasteiger partial charge in [0.25, 0.3) is 0 Å². The van der Waals surface area contributed by atoms with Gasteiger partial charge in [-0.3, -0.25) is 9.78 Å². The minimum Gasteiger partial charge on any atom is -0.324 e. The molecule has 1 aliphatic rings. The number of amides is 1. The van der Waals surface area contributed by atoms with Gasteiger partial charge in [0, 0.05) is 30.1 Å². The first-order valence-electron chi connectivity index (χ1n) is 10.9. The van der Waals surface area contributed by atoms with Crippen molar-refractivity contribution in [2.45, 2.75) is 45.4 Å². The van der Waals surface area contributed by atoms with Crippen molar-refractivity contribution in [2.75, 3.05) is 18.4 Å². The molecule has 6 nitrogen and oxygen atoms in total. The summed E-state index contributed by atoms with van der Waals surface area (Å²) >= 11 is 0. The van der Waals surface area contributed by atoms with E-state index in [0.717, 1.165) is 33.3 Å². The molecule has 0 radical (unpaired) electrons. The third kappa shape index (κ3) is 4.27. The number of hydrogen-bond acceptors (Lipinski definition) is 4. The molecule has 1 amide bonds. The Hall–Kier alpha value is -2.77. The summed E-state index contributed by atoms with van der Waals surface area (Å²) in [4.78, 5) is 17.9. The van der Waals surface area contributed by atoms with Crippen molar-refractivity contribution in [3.63, 3.8) is 0 Å². The molecule has 0 unspecified atom stereocenters. The van der Waals surface area contributed by atoms with Crippen LogP contribution >= 0.6 is 0 Å². The first-order chi connectivity index (χ1) is 15.2. The fourth-order valence-electron chi connectivity index (χ4n) is 4.64. The molecule has 0 bridgehead atoms. The molecular formula is C25H29N3O3S. The number of anilines is 1. The Balaban J connectivity index is 1.47. The summed E-state index contributed by atoms with van der Waals surface area (Å²) in [6.45, 7) is 8.24. The quantitative estimate of drug-likeness (QED) is 0.633. The number of para-hydroxylation sites is 1. The Labute approximate surface area is 189 Å². The first kappa shape index (κ1) is 22.4. The highest BCUT2D eigenvalue weighted by Crippen LogP contribution is 2.30. The normalized spacial score (nSPS) is 15.8. The van der Waals surface area contributed by atoms with E-state index in [2.05, 4.69) is 10.3 Å². The predicted molar refractivity (Wildman–Crippen MR) is 127 cm³/mol. The monoisotopic (exact) mass is 451 g/mol. The lowest BCUT2D eigenvalue weighted by Crippen LogP contribution is -2.41. The van der Waals surface area contributed by atoms with Crippen LogP contribution < -0.4 is 5.32 Å².